The molecule has 5 nitrogen and oxygen atoms in total. The summed E-state index contributed by atoms with van der Waals surface area (Å²) in [6.07, 6.45) is 0. The molecule has 0 fully saturated rings. The molecule has 0 aliphatic heterocycles. The van der Waals surface area contributed by atoms with Crippen molar-refractivity contribution in [3.63, 3.8) is 0 Å². The van der Waals surface area contributed by atoms with E-state index in [9.17, 15) is 14.0 Å². The third kappa shape index (κ3) is 2.49. The summed E-state index contributed by atoms with van der Waals surface area (Å²) >= 11 is 0. The van der Waals surface area contributed by atoms with E-state index in [4.69, 9.17) is 6.57 Å². The van der Waals surface area contributed by atoms with Gasteiger partial charge in [0.25, 0.3) is 11.7 Å². The zero-order chi connectivity index (χ0) is 16.4. The summed E-state index contributed by atoms with van der Waals surface area (Å²) in [5.74, 6) is -1.40. The zero-order valence-corrected chi connectivity index (χ0v) is 12.4. The number of nitrogens with zero attached hydrogens (tertiary/aromatic N) is 2. The monoisotopic (exact) mass is 299 g/mol. The van der Waals surface area contributed by atoms with Crippen LogP contribution in [0.5, 0.6) is 0 Å². The van der Waals surface area contributed by atoms with E-state index >= 15 is 0 Å². The lowest BCUT2D eigenvalue weighted by Gasteiger charge is -2.10. The number of nitrogens with one attached hydrogen (secondary N) is 1. The van der Waals surface area contributed by atoms with E-state index in [1.54, 1.807) is 25.1 Å². The number of halogens is 1. The Kier molecular flexibility index (Phi) is 4.08. The topological polar surface area (TPSA) is 55.5 Å². The fourth-order valence-electron chi connectivity index (χ4n) is 2.21. The van der Waals surface area contributed by atoms with Crippen LogP contribution in [0.25, 0.3) is 16.0 Å². The standard InChI is InChI=1S/C16H14FN3O2/c1-9-5-6-10(15(21)19-3)7-11(9)12-8-13(17)14(18-2)20(4)16(12)22/h5-8H,1,3-4H3,(H,19,21). The Morgan fingerprint density at radius 3 is 2.59 bits per heavy atom. The normalized spacial score (nSPS) is 10.1. The first-order chi connectivity index (χ1) is 10.4. The molecule has 1 N–H and O–H groups in total. The second kappa shape index (κ2) is 5.82. The summed E-state index contributed by atoms with van der Waals surface area (Å²) in [7, 11) is 2.85. The van der Waals surface area contributed by atoms with Crippen LogP contribution in [0.15, 0.2) is 29.1 Å². The molecular formula is C16H14FN3O2. The minimum atomic E-state index is -0.767. The minimum Gasteiger partial charge on any atom is -0.361 e. The molecule has 0 spiro atoms. The van der Waals surface area contributed by atoms with E-state index in [2.05, 4.69) is 10.2 Å². The third-order valence-electron chi connectivity index (χ3n) is 3.46. The molecule has 0 bridgehead atoms. The molecule has 0 aliphatic rings. The smallest absolute Gasteiger partial charge is 0.326 e. The molecule has 0 radical (unpaired) electrons. The van der Waals surface area contributed by atoms with Gasteiger partial charge < -0.3 is 10.2 Å². The fraction of sp³-hybridized carbons (Fsp3) is 0.188. The maximum Gasteiger partial charge on any atom is 0.326 e. The number of hydrogen-bond acceptors (Lipinski definition) is 2. The first kappa shape index (κ1) is 15.4. The van der Waals surface area contributed by atoms with Crippen molar-refractivity contribution in [2.75, 3.05) is 7.05 Å². The summed E-state index contributed by atoms with van der Waals surface area (Å²) in [6, 6.07) is 5.92. The van der Waals surface area contributed by atoms with Crippen molar-refractivity contribution in [2.24, 2.45) is 7.05 Å². The predicted octanol–water partition coefficient (Wildman–Crippen LogP) is 2.41. The second-order valence-electron chi connectivity index (χ2n) is 4.81. The molecule has 6 heteroatoms. The van der Waals surface area contributed by atoms with Crippen molar-refractivity contribution in [2.45, 2.75) is 6.92 Å². The molecule has 1 aromatic carbocycles. The lowest BCUT2D eigenvalue weighted by atomic mass is 9.98. The molecule has 0 saturated heterocycles. The van der Waals surface area contributed by atoms with Crippen molar-refractivity contribution >= 4 is 11.7 Å². The largest absolute Gasteiger partial charge is 0.361 e. The highest BCUT2D eigenvalue weighted by atomic mass is 19.1. The van der Waals surface area contributed by atoms with Crippen molar-refractivity contribution < 1.29 is 9.18 Å². The van der Waals surface area contributed by atoms with Crippen molar-refractivity contribution in [3.8, 4) is 11.1 Å². The van der Waals surface area contributed by atoms with E-state index in [0.717, 1.165) is 16.2 Å². The number of carbonyl (C=O) groups is 1. The van der Waals surface area contributed by atoms with Gasteiger partial charge in [-0.3, -0.25) is 9.36 Å². The van der Waals surface area contributed by atoms with Gasteiger partial charge in [-0.25, -0.2) is 9.18 Å². The molecule has 0 saturated carbocycles. The molecule has 2 rings (SSSR count). The molecule has 0 aliphatic carbocycles. The van der Waals surface area contributed by atoms with E-state index in [1.807, 2.05) is 0 Å². The van der Waals surface area contributed by atoms with Gasteiger partial charge in [-0.05, 0) is 36.2 Å². The van der Waals surface area contributed by atoms with Gasteiger partial charge in [-0.2, -0.15) is 0 Å². The summed E-state index contributed by atoms with van der Waals surface area (Å²) in [4.78, 5) is 27.1. The van der Waals surface area contributed by atoms with Gasteiger partial charge in [-0.15, -0.1) is 0 Å². The summed E-state index contributed by atoms with van der Waals surface area (Å²) < 4.78 is 15.0. The van der Waals surface area contributed by atoms with Crippen LogP contribution in [0, 0.1) is 19.3 Å². The van der Waals surface area contributed by atoms with Crippen molar-refractivity contribution in [1.82, 2.24) is 9.88 Å². The van der Waals surface area contributed by atoms with Gasteiger partial charge in [0.2, 0.25) is 0 Å². The first-order valence-electron chi connectivity index (χ1n) is 6.50. The lowest BCUT2D eigenvalue weighted by Crippen LogP contribution is -2.21. The predicted molar refractivity (Wildman–Crippen MR) is 81.5 cm³/mol. The van der Waals surface area contributed by atoms with E-state index in [-0.39, 0.29) is 17.3 Å². The molecule has 22 heavy (non-hydrogen) atoms. The number of aromatic nitrogens is 1. The van der Waals surface area contributed by atoms with Gasteiger partial charge in [0.15, 0.2) is 0 Å². The Morgan fingerprint density at radius 2 is 2.00 bits per heavy atom. The average Bonchev–Trinajstić information content (AvgIpc) is 2.51. The lowest BCUT2D eigenvalue weighted by molar-refractivity contribution is 0.0963. The Hall–Kier alpha value is -2.94. The highest BCUT2D eigenvalue weighted by Crippen LogP contribution is 2.25. The number of aryl methyl sites for hydroxylation is 1. The highest BCUT2D eigenvalue weighted by molar-refractivity contribution is 5.95. The van der Waals surface area contributed by atoms with E-state index in [0.29, 0.717) is 11.1 Å². The highest BCUT2D eigenvalue weighted by Gasteiger charge is 2.17. The van der Waals surface area contributed by atoms with Crippen LogP contribution in [0.2, 0.25) is 0 Å². The molecule has 112 valence electrons. The first-order valence-corrected chi connectivity index (χ1v) is 6.50. The van der Waals surface area contributed by atoms with Crippen LogP contribution in [0.1, 0.15) is 15.9 Å². The number of benzene rings is 1. The molecule has 2 aromatic rings. The zero-order valence-electron chi connectivity index (χ0n) is 12.4. The molecule has 1 heterocycles. The maximum atomic E-state index is 14.0. The summed E-state index contributed by atoms with van der Waals surface area (Å²) in [6.45, 7) is 8.69. The van der Waals surface area contributed by atoms with Gasteiger partial charge in [0, 0.05) is 12.6 Å². The van der Waals surface area contributed by atoms with Gasteiger partial charge >= 0.3 is 5.56 Å². The van der Waals surface area contributed by atoms with Crippen molar-refractivity contribution in [1.29, 1.82) is 0 Å². The Morgan fingerprint density at radius 1 is 1.32 bits per heavy atom. The Bertz CT molecular complexity index is 863. The van der Waals surface area contributed by atoms with Crippen LogP contribution < -0.4 is 10.9 Å². The maximum absolute atomic E-state index is 14.0. The van der Waals surface area contributed by atoms with Gasteiger partial charge in [0.1, 0.15) is 5.82 Å². The summed E-state index contributed by atoms with van der Waals surface area (Å²) in [5, 5.41) is 2.50. The fourth-order valence-corrected chi connectivity index (χ4v) is 2.21. The van der Waals surface area contributed by atoms with Gasteiger partial charge in [0.05, 0.1) is 12.6 Å². The molecule has 0 unspecified atom stereocenters. The SMILES string of the molecule is [C-]#[N+]c1c(F)cc(-c2cc(C(=O)NC)ccc2C)c(=O)n1C. The average molecular weight is 299 g/mol. The van der Waals surface area contributed by atoms with E-state index < -0.39 is 11.4 Å². The second-order valence-corrected chi connectivity index (χ2v) is 4.81. The Balaban J connectivity index is 2.75. The van der Waals surface area contributed by atoms with Crippen LogP contribution in [-0.2, 0) is 7.05 Å². The third-order valence-corrected chi connectivity index (χ3v) is 3.46. The number of pyridine rings is 1. The number of hydrogen-bond donors (Lipinski definition) is 1. The minimum absolute atomic E-state index is 0.121. The summed E-state index contributed by atoms with van der Waals surface area (Å²) in [5.41, 5.74) is 1.22. The number of rotatable bonds is 2. The van der Waals surface area contributed by atoms with Crippen LogP contribution in [-0.4, -0.2) is 17.5 Å². The molecule has 1 aromatic heterocycles. The Labute approximate surface area is 126 Å². The van der Waals surface area contributed by atoms with E-state index in [1.165, 1.54) is 14.1 Å². The number of carbonyl (C=O) groups excluding carboxylic acids is 1. The van der Waals surface area contributed by atoms with Crippen LogP contribution >= 0.6 is 0 Å². The van der Waals surface area contributed by atoms with Crippen LogP contribution in [0.4, 0.5) is 10.2 Å². The quantitative estimate of drug-likeness (QED) is 0.866. The molecule has 0 atom stereocenters. The van der Waals surface area contributed by atoms with Crippen LogP contribution in [0.3, 0.4) is 0 Å². The van der Waals surface area contributed by atoms with Gasteiger partial charge in [-0.1, -0.05) is 12.6 Å². The number of amides is 1. The molecular weight excluding hydrogens is 285 g/mol. The molecule has 1 amide bonds. The van der Waals surface area contributed by atoms with Crippen molar-refractivity contribution in [3.05, 3.63) is 63.0 Å².